The van der Waals surface area contributed by atoms with Crippen molar-refractivity contribution in [1.82, 2.24) is 30.1 Å². The molecule has 0 saturated carbocycles. The Morgan fingerprint density at radius 2 is 1.68 bits per heavy atom. The van der Waals surface area contributed by atoms with Gasteiger partial charge in [-0.05, 0) is 42.0 Å². The summed E-state index contributed by atoms with van der Waals surface area (Å²) in [5.74, 6) is -0.264. The molecule has 6 rings (SSSR count). The van der Waals surface area contributed by atoms with E-state index in [2.05, 4.69) is 36.2 Å². The van der Waals surface area contributed by atoms with Gasteiger partial charge in [0.1, 0.15) is 11.5 Å². The van der Waals surface area contributed by atoms with Crippen LogP contribution >= 0.6 is 0 Å². The Bertz CT molecular complexity index is 1530. The van der Waals surface area contributed by atoms with Gasteiger partial charge in [-0.1, -0.05) is 12.1 Å². The highest BCUT2D eigenvalue weighted by Gasteiger charge is 2.15. The molecule has 5 heterocycles. The molecule has 5 aromatic heterocycles. The Kier molecular flexibility index (Phi) is 3.86. The van der Waals surface area contributed by atoms with Gasteiger partial charge >= 0.3 is 0 Å². The average molecular weight is 406 g/mol. The first-order valence-corrected chi connectivity index (χ1v) is 9.74. The molecule has 0 saturated heterocycles. The Hall–Kier alpha value is -4.39. The maximum absolute atomic E-state index is 13.4. The summed E-state index contributed by atoms with van der Waals surface area (Å²) in [6.45, 7) is 0. The van der Waals surface area contributed by atoms with Crippen LogP contribution in [0.1, 0.15) is 0 Å². The second-order valence-corrected chi connectivity index (χ2v) is 7.27. The van der Waals surface area contributed by atoms with E-state index >= 15 is 0 Å². The molecule has 0 unspecified atom stereocenters. The summed E-state index contributed by atoms with van der Waals surface area (Å²) in [5.41, 5.74) is 6.99. The number of aromatic nitrogens is 6. The normalized spacial score (nSPS) is 11.4. The summed E-state index contributed by atoms with van der Waals surface area (Å²) in [6, 6.07) is 14.4. The smallest absolute Gasteiger partial charge is 0.123 e. The molecule has 6 nitrogen and oxygen atoms in total. The molecule has 7 heteroatoms. The molecule has 2 N–H and O–H groups in total. The van der Waals surface area contributed by atoms with Gasteiger partial charge in [0.05, 0.1) is 34.8 Å². The lowest BCUT2D eigenvalue weighted by Crippen LogP contribution is -1.85. The van der Waals surface area contributed by atoms with E-state index in [0.29, 0.717) is 0 Å². The zero-order valence-electron chi connectivity index (χ0n) is 16.2. The molecule has 0 amide bonds. The first-order valence-electron chi connectivity index (χ1n) is 9.74. The number of pyridine rings is 3. The van der Waals surface area contributed by atoms with Gasteiger partial charge in [0.2, 0.25) is 0 Å². The largest absolute Gasteiger partial charge is 0.352 e. The zero-order valence-corrected chi connectivity index (χ0v) is 16.2. The number of benzene rings is 1. The summed E-state index contributed by atoms with van der Waals surface area (Å²) in [5, 5.41) is 9.53. The minimum absolute atomic E-state index is 0.264. The fourth-order valence-corrected chi connectivity index (χ4v) is 3.83. The van der Waals surface area contributed by atoms with Crippen molar-refractivity contribution >= 4 is 21.8 Å². The van der Waals surface area contributed by atoms with Crippen molar-refractivity contribution < 1.29 is 4.39 Å². The van der Waals surface area contributed by atoms with Crippen LogP contribution in [0.4, 0.5) is 4.39 Å². The molecule has 1 aromatic carbocycles. The van der Waals surface area contributed by atoms with Gasteiger partial charge in [0.25, 0.3) is 0 Å². The number of hydrogen-bond acceptors (Lipinski definition) is 4. The Balaban J connectivity index is 1.51. The number of hydrogen-bond donors (Lipinski definition) is 2. The first-order chi connectivity index (χ1) is 15.3. The monoisotopic (exact) mass is 406 g/mol. The summed E-state index contributed by atoms with van der Waals surface area (Å²) < 4.78 is 13.4. The van der Waals surface area contributed by atoms with Crippen molar-refractivity contribution in [1.29, 1.82) is 0 Å². The third-order valence-corrected chi connectivity index (χ3v) is 5.36. The van der Waals surface area contributed by atoms with E-state index < -0.39 is 0 Å². The summed E-state index contributed by atoms with van der Waals surface area (Å²) >= 11 is 0. The average Bonchev–Trinajstić information content (AvgIpc) is 3.43. The maximum atomic E-state index is 13.4. The molecular weight excluding hydrogens is 391 g/mol. The summed E-state index contributed by atoms with van der Waals surface area (Å²) in [4.78, 5) is 16.5. The van der Waals surface area contributed by atoms with Crippen LogP contribution in [0.15, 0.2) is 79.5 Å². The number of nitrogens with one attached hydrogen (secondary N) is 2. The SMILES string of the molecule is Fc1ccc(-c2cncc3[nH]c(-c4n[nH]c5cnc(-c6cccnc6)cc45)cc23)cc1. The van der Waals surface area contributed by atoms with E-state index in [0.717, 1.165) is 55.6 Å². The molecule has 0 spiro atoms. The van der Waals surface area contributed by atoms with E-state index in [4.69, 9.17) is 0 Å². The highest BCUT2D eigenvalue weighted by Crippen LogP contribution is 2.34. The molecule has 0 aliphatic heterocycles. The molecule has 0 aliphatic rings. The van der Waals surface area contributed by atoms with Gasteiger partial charge in [-0.2, -0.15) is 5.10 Å². The minimum Gasteiger partial charge on any atom is -0.352 e. The van der Waals surface area contributed by atoms with E-state index in [-0.39, 0.29) is 5.82 Å². The number of fused-ring (bicyclic) bond motifs is 2. The van der Waals surface area contributed by atoms with Crippen LogP contribution in [0.25, 0.3) is 55.6 Å². The minimum atomic E-state index is -0.264. The van der Waals surface area contributed by atoms with Crippen molar-refractivity contribution in [3.63, 3.8) is 0 Å². The molecular formula is C24H15FN6. The number of halogens is 1. The van der Waals surface area contributed by atoms with Crippen molar-refractivity contribution in [2.24, 2.45) is 0 Å². The fourth-order valence-electron chi connectivity index (χ4n) is 3.83. The van der Waals surface area contributed by atoms with Gasteiger partial charge in [0.15, 0.2) is 0 Å². The quantitative estimate of drug-likeness (QED) is 0.414. The van der Waals surface area contributed by atoms with E-state index in [1.807, 2.05) is 18.2 Å². The molecule has 148 valence electrons. The van der Waals surface area contributed by atoms with Crippen LogP contribution in [0.3, 0.4) is 0 Å². The predicted molar refractivity (Wildman–Crippen MR) is 118 cm³/mol. The summed E-state index contributed by atoms with van der Waals surface area (Å²) in [7, 11) is 0. The lowest BCUT2D eigenvalue weighted by atomic mass is 10.0. The topological polar surface area (TPSA) is 83.1 Å². The van der Waals surface area contributed by atoms with Crippen LogP contribution in [0.5, 0.6) is 0 Å². The predicted octanol–water partition coefficient (Wildman–Crippen LogP) is 5.37. The fraction of sp³-hybridized carbons (Fsp3) is 0. The second-order valence-electron chi connectivity index (χ2n) is 7.27. The Morgan fingerprint density at radius 3 is 2.52 bits per heavy atom. The van der Waals surface area contributed by atoms with Crippen molar-refractivity contribution in [3.05, 3.63) is 85.3 Å². The third-order valence-electron chi connectivity index (χ3n) is 5.36. The molecule has 6 aromatic rings. The van der Waals surface area contributed by atoms with Gasteiger partial charge in [0, 0.05) is 40.5 Å². The number of H-pyrrole nitrogens is 2. The standard InChI is InChI=1S/C24H15FN6/c25-16-5-3-14(4-6-16)19-11-27-12-22-17(19)8-21(29-22)24-18-9-20(15-2-1-7-26-10-15)28-13-23(18)30-31-24/h1-13,29H,(H,30,31). The third kappa shape index (κ3) is 2.95. The van der Waals surface area contributed by atoms with E-state index in [1.54, 1.807) is 43.1 Å². The number of rotatable bonds is 3. The maximum Gasteiger partial charge on any atom is 0.123 e. The molecule has 0 bridgehead atoms. The van der Waals surface area contributed by atoms with Gasteiger partial charge in [-0.15, -0.1) is 0 Å². The highest BCUT2D eigenvalue weighted by molar-refractivity contribution is 6.01. The lowest BCUT2D eigenvalue weighted by molar-refractivity contribution is 0.628. The van der Waals surface area contributed by atoms with Crippen LogP contribution in [-0.2, 0) is 0 Å². The highest BCUT2D eigenvalue weighted by atomic mass is 19.1. The molecule has 0 aliphatic carbocycles. The van der Waals surface area contributed by atoms with Gasteiger partial charge < -0.3 is 4.98 Å². The zero-order chi connectivity index (χ0) is 20.8. The van der Waals surface area contributed by atoms with Crippen molar-refractivity contribution in [3.8, 4) is 33.8 Å². The number of aromatic amines is 2. The second kappa shape index (κ2) is 6.84. The Morgan fingerprint density at radius 1 is 0.774 bits per heavy atom. The molecule has 0 radical (unpaired) electrons. The molecule has 31 heavy (non-hydrogen) atoms. The van der Waals surface area contributed by atoms with Gasteiger partial charge in [-0.25, -0.2) is 4.39 Å². The van der Waals surface area contributed by atoms with Crippen LogP contribution < -0.4 is 0 Å². The summed E-state index contributed by atoms with van der Waals surface area (Å²) in [6.07, 6.45) is 8.88. The van der Waals surface area contributed by atoms with Crippen molar-refractivity contribution in [2.45, 2.75) is 0 Å². The molecule has 0 atom stereocenters. The van der Waals surface area contributed by atoms with E-state index in [1.165, 1.54) is 12.1 Å². The number of nitrogens with zero attached hydrogens (tertiary/aromatic N) is 4. The molecule has 0 fully saturated rings. The van der Waals surface area contributed by atoms with Gasteiger partial charge in [-0.3, -0.25) is 20.1 Å². The van der Waals surface area contributed by atoms with Crippen molar-refractivity contribution in [2.75, 3.05) is 0 Å². The first kappa shape index (κ1) is 17.5. The Labute approximate surface area is 175 Å². The van der Waals surface area contributed by atoms with Crippen LogP contribution in [0.2, 0.25) is 0 Å². The van der Waals surface area contributed by atoms with Crippen LogP contribution in [0, 0.1) is 5.82 Å². The van der Waals surface area contributed by atoms with Crippen LogP contribution in [-0.4, -0.2) is 30.1 Å². The van der Waals surface area contributed by atoms with E-state index in [9.17, 15) is 4.39 Å². The lowest BCUT2D eigenvalue weighted by Gasteiger charge is -2.02.